The molecule has 2 N–H and O–H groups in total. The van der Waals surface area contributed by atoms with Gasteiger partial charge in [-0.2, -0.15) is 0 Å². The molecule has 1 aliphatic heterocycles. The standard InChI is InChI=1S/C12H18N2.C7H4ClFO/c13-12-6-8-14(9-7-12)10-11-4-2-1-3-5-11;8-7(10)5-2-1-3-6(9)4-5/h1-5,12H,6-10,13H2;1-4H. The van der Waals surface area contributed by atoms with Gasteiger partial charge in [-0.3, -0.25) is 9.69 Å². The Morgan fingerprint density at radius 3 is 2.33 bits per heavy atom. The van der Waals surface area contributed by atoms with E-state index in [1.165, 1.54) is 23.8 Å². The highest BCUT2D eigenvalue weighted by Gasteiger charge is 2.15. The van der Waals surface area contributed by atoms with Gasteiger partial charge in [-0.05, 0) is 61.3 Å². The van der Waals surface area contributed by atoms with Crippen LogP contribution in [0.15, 0.2) is 54.6 Å². The van der Waals surface area contributed by atoms with Gasteiger partial charge in [0.1, 0.15) is 5.82 Å². The van der Waals surface area contributed by atoms with Crippen molar-refractivity contribution in [1.82, 2.24) is 4.90 Å². The predicted molar refractivity (Wildman–Crippen MR) is 95.5 cm³/mol. The van der Waals surface area contributed by atoms with E-state index in [2.05, 4.69) is 35.2 Å². The molecule has 0 atom stereocenters. The molecular weight excluding hydrogens is 327 g/mol. The summed E-state index contributed by atoms with van der Waals surface area (Å²) in [4.78, 5) is 12.9. The van der Waals surface area contributed by atoms with Crippen LogP contribution in [0, 0.1) is 5.82 Å². The number of carbonyl (C=O) groups is 1. The molecule has 2 aromatic rings. The molecule has 5 heteroatoms. The third kappa shape index (κ3) is 6.40. The fraction of sp³-hybridized carbons (Fsp3) is 0.316. The molecule has 2 aromatic carbocycles. The first kappa shape index (κ1) is 18.6. The van der Waals surface area contributed by atoms with Gasteiger partial charge in [-0.15, -0.1) is 0 Å². The molecule has 3 nitrogen and oxygen atoms in total. The molecule has 1 fully saturated rings. The lowest BCUT2D eigenvalue weighted by Gasteiger charge is -2.29. The zero-order chi connectivity index (χ0) is 17.4. The maximum atomic E-state index is 12.3. The topological polar surface area (TPSA) is 46.3 Å². The van der Waals surface area contributed by atoms with Crippen molar-refractivity contribution in [2.24, 2.45) is 5.73 Å². The fourth-order valence-corrected chi connectivity index (χ4v) is 2.68. The third-order valence-corrected chi connectivity index (χ3v) is 4.15. The molecule has 3 rings (SSSR count). The van der Waals surface area contributed by atoms with Crippen LogP contribution in [0.3, 0.4) is 0 Å². The maximum Gasteiger partial charge on any atom is 0.252 e. The van der Waals surface area contributed by atoms with Gasteiger partial charge in [0.25, 0.3) is 5.24 Å². The van der Waals surface area contributed by atoms with Crippen molar-refractivity contribution >= 4 is 16.8 Å². The Morgan fingerprint density at radius 1 is 1.12 bits per heavy atom. The lowest BCUT2D eigenvalue weighted by molar-refractivity contribution is 0.108. The van der Waals surface area contributed by atoms with E-state index >= 15 is 0 Å². The number of carbonyl (C=O) groups excluding carboxylic acids is 1. The number of piperidine rings is 1. The van der Waals surface area contributed by atoms with E-state index in [0.29, 0.717) is 6.04 Å². The minimum absolute atomic E-state index is 0.182. The van der Waals surface area contributed by atoms with Crippen LogP contribution in [0.25, 0.3) is 0 Å². The highest BCUT2D eigenvalue weighted by molar-refractivity contribution is 6.67. The van der Waals surface area contributed by atoms with Crippen LogP contribution in [0.5, 0.6) is 0 Å². The van der Waals surface area contributed by atoms with Crippen LogP contribution >= 0.6 is 11.6 Å². The third-order valence-electron chi connectivity index (χ3n) is 3.93. The zero-order valence-electron chi connectivity index (χ0n) is 13.5. The fourth-order valence-electron chi connectivity index (χ4n) is 2.56. The summed E-state index contributed by atoms with van der Waals surface area (Å²) in [5.74, 6) is -0.452. The van der Waals surface area contributed by atoms with Crippen molar-refractivity contribution in [3.8, 4) is 0 Å². The Labute approximate surface area is 147 Å². The molecule has 128 valence electrons. The van der Waals surface area contributed by atoms with E-state index in [9.17, 15) is 9.18 Å². The van der Waals surface area contributed by atoms with Crippen molar-refractivity contribution in [2.75, 3.05) is 13.1 Å². The number of nitrogens with two attached hydrogens (primary N) is 1. The summed E-state index contributed by atoms with van der Waals surface area (Å²) in [6.07, 6.45) is 2.29. The quantitative estimate of drug-likeness (QED) is 0.858. The van der Waals surface area contributed by atoms with Crippen LogP contribution < -0.4 is 5.73 Å². The van der Waals surface area contributed by atoms with Crippen LogP contribution in [0.2, 0.25) is 0 Å². The van der Waals surface area contributed by atoms with Crippen LogP contribution in [-0.4, -0.2) is 29.3 Å². The Balaban J connectivity index is 0.000000185. The molecule has 0 aliphatic carbocycles. The lowest BCUT2D eigenvalue weighted by Crippen LogP contribution is -2.39. The minimum Gasteiger partial charge on any atom is -0.328 e. The van der Waals surface area contributed by atoms with Gasteiger partial charge < -0.3 is 5.73 Å². The summed E-state index contributed by atoms with van der Waals surface area (Å²) in [6.45, 7) is 3.37. The summed E-state index contributed by atoms with van der Waals surface area (Å²) < 4.78 is 12.3. The summed E-state index contributed by atoms with van der Waals surface area (Å²) in [5, 5.41) is -0.639. The molecule has 0 radical (unpaired) electrons. The summed E-state index contributed by atoms with van der Waals surface area (Å²) >= 11 is 5.07. The van der Waals surface area contributed by atoms with E-state index in [1.807, 2.05) is 0 Å². The van der Waals surface area contributed by atoms with Gasteiger partial charge in [-0.1, -0.05) is 36.4 Å². The molecular formula is C19H22ClFN2O. The normalized spacial score (nSPS) is 15.5. The second kappa shape index (κ2) is 9.52. The average Bonchev–Trinajstić information content (AvgIpc) is 2.58. The van der Waals surface area contributed by atoms with E-state index < -0.39 is 11.1 Å². The molecule has 1 saturated heterocycles. The first-order valence-corrected chi connectivity index (χ1v) is 8.39. The summed E-state index contributed by atoms with van der Waals surface area (Å²) in [7, 11) is 0. The number of hydrogen-bond acceptors (Lipinski definition) is 3. The minimum atomic E-state index is -0.639. The molecule has 1 aliphatic rings. The zero-order valence-corrected chi connectivity index (χ0v) is 14.3. The number of likely N-dealkylation sites (tertiary alicyclic amines) is 1. The highest BCUT2D eigenvalue weighted by atomic mass is 35.5. The number of benzene rings is 2. The smallest absolute Gasteiger partial charge is 0.252 e. The van der Waals surface area contributed by atoms with Gasteiger partial charge in [0.15, 0.2) is 0 Å². The van der Waals surface area contributed by atoms with Crippen LogP contribution in [0.4, 0.5) is 4.39 Å². The van der Waals surface area contributed by atoms with Crippen molar-refractivity contribution < 1.29 is 9.18 Å². The van der Waals surface area contributed by atoms with Gasteiger partial charge in [0.2, 0.25) is 0 Å². The van der Waals surface area contributed by atoms with E-state index in [-0.39, 0.29) is 5.56 Å². The summed E-state index contributed by atoms with van der Waals surface area (Å²) in [5.41, 5.74) is 7.45. The van der Waals surface area contributed by atoms with Gasteiger partial charge in [0, 0.05) is 18.2 Å². The maximum absolute atomic E-state index is 12.3. The molecule has 1 heterocycles. The number of rotatable bonds is 3. The van der Waals surface area contributed by atoms with Gasteiger partial charge in [0.05, 0.1) is 0 Å². The van der Waals surface area contributed by atoms with Crippen molar-refractivity contribution in [3.05, 3.63) is 71.5 Å². The number of nitrogens with zero attached hydrogens (tertiary/aromatic N) is 1. The molecule has 0 saturated carbocycles. The molecule has 0 unspecified atom stereocenters. The van der Waals surface area contributed by atoms with E-state index in [0.717, 1.165) is 38.5 Å². The van der Waals surface area contributed by atoms with E-state index in [4.69, 9.17) is 17.3 Å². The Morgan fingerprint density at radius 2 is 1.79 bits per heavy atom. The molecule has 24 heavy (non-hydrogen) atoms. The van der Waals surface area contributed by atoms with Gasteiger partial charge in [-0.25, -0.2) is 4.39 Å². The molecule has 0 amide bonds. The SMILES string of the molecule is NC1CCN(Cc2ccccc2)CC1.O=C(Cl)c1cccc(F)c1. The average molecular weight is 349 g/mol. The Hall–Kier alpha value is -1.75. The second-order valence-corrected chi connectivity index (χ2v) is 6.23. The molecule has 0 aromatic heterocycles. The first-order valence-electron chi connectivity index (χ1n) is 8.02. The Bertz CT molecular complexity index is 643. The molecule has 0 bridgehead atoms. The predicted octanol–water partition coefficient (Wildman–Crippen LogP) is 3.81. The number of halogens is 2. The lowest BCUT2D eigenvalue weighted by atomic mass is 10.1. The largest absolute Gasteiger partial charge is 0.328 e. The monoisotopic (exact) mass is 348 g/mol. The highest BCUT2D eigenvalue weighted by Crippen LogP contribution is 2.12. The van der Waals surface area contributed by atoms with Crippen LogP contribution in [0.1, 0.15) is 28.8 Å². The second-order valence-electron chi connectivity index (χ2n) is 5.88. The summed E-state index contributed by atoms with van der Waals surface area (Å²) in [6, 6.07) is 16.3. The van der Waals surface area contributed by atoms with Crippen molar-refractivity contribution in [2.45, 2.75) is 25.4 Å². The number of hydrogen-bond donors (Lipinski definition) is 1. The Kier molecular flexibility index (Phi) is 7.37. The van der Waals surface area contributed by atoms with Crippen molar-refractivity contribution in [1.29, 1.82) is 0 Å². The first-order chi connectivity index (χ1) is 11.5. The van der Waals surface area contributed by atoms with E-state index in [1.54, 1.807) is 0 Å². The molecule has 0 spiro atoms. The van der Waals surface area contributed by atoms with Crippen molar-refractivity contribution in [3.63, 3.8) is 0 Å². The van der Waals surface area contributed by atoms with Crippen LogP contribution in [-0.2, 0) is 6.54 Å². The van der Waals surface area contributed by atoms with Gasteiger partial charge >= 0.3 is 0 Å².